The molecule has 0 saturated heterocycles. The van der Waals surface area contributed by atoms with Crippen LogP contribution in [-0.4, -0.2) is 23.0 Å². The number of nitrogens with zero attached hydrogens (tertiary/aromatic N) is 1. The summed E-state index contributed by atoms with van der Waals surface area (Å²) >= 11 is 0. The smallest absolute Gasteiger partial charge is 0.305 e. The number of halogens is 1. The van der Waals surface area contributed by atoms with Crippen molar-refractivity contribution >= 4 is 11.6 Å². The van der Waals surface area contributed by atoms with E-state index in [0.717, 1.165) is 12.1 Å². The third kappa shape index (κ3) is 4.90. The SMILES string of the molecule is CC(C)(C)NC(=O)COc1ccc([N+](=O)[O-])c(F)c1. The summed E-state index contributed by atoms with van der Waals surface area (Å²) in [6.45, 7) is 5.16. The molecule has 0 fully saturated rings. The predicted molar refractivity (Wildman–Crippen MR) is 66.4 cm³/mol. The molecule has 0 unspecified atom stereocenters. The molecule has 0 bridgehead atoms. The molecule has 1 N–H and O–H groups in total. The second kappa shape index (κ2) is 5.64. The molecular weight excluding hydrogens is 255 g/mol. The molecule has 0 aliphatic heterocycles. The molecule has 6 nitrogen and oxygen atoms in total. The number of nitro benzene ring substituents is 1. The van der Waals surface area contributed by atoms with Gasteiger partial charge >= 0.3 is 5.69 Å². The maximum absolute atomic E-state index is 13.3. The van der Waals surface area contributed by atoms with Gasteiger partial charge in [0.05, 0.1) is 4.92 Å². The number of hydrogen-bond donors (Lipinski definition) is 1. The summed E-state index contributed by atoms with van der Waals surface area (Å²) in [7, 11) is 0. The van der Waals surface area contributed by atoms with E-state index in [-0.39, 0.29) is 23.8 Å². The topological polar surface area (TPSA) is 81.5 Å². The molecule has 1 rings (SSSR count). The van der Waals surface area contributed by atoms with Gasteiger partial charge in [0.15, 0.2) is 6.61 Å². The maximum Gasteiger partial charge on any atom is 0.305 e. The van der Waals surface area contributed by atoms with Gasteiger partial charge in [-0.3, -0.25) is 14.9 Å². The first-order valence-electron chi connectivity index (χ1n) is 5.57. The molecule has 0 aliphatic carbocycles. The Bertz CT molecular complexity index is 497. The number of ether oxygens (including phenoxy) is 1. The van der Waals surface area contributed by atoms with Crippen molar-refractivity contribution in [2.75, 3.05) is 6.61 Å². The lowest BCUT2D eigenvalue weighted by molar-refractivity contribution is -0.387. The number of amides is 1. The van der Waals surface area contributed by atoms with Crippen molar-refractivity contribution in [1.82, 2.24) is 5.32 Å². The van der Waals surface area contributed by atoms with E-state index in [1.54, 1.807) is 0 Å². The number of rotatable bonds is 4. The monoisotopic (exact) mass is 270 g/mol. The van der Waals surface area contributed by atoms with Crippen molar-refractivity contribution in [3.8, 4) is 5.75 Å². The zero-order valence-electron chi connectivity index (χ0n) is 10.9. The molecule has 19 heavy (non-hydrogen) atoms. The maximum atomic E-state index is 13.3. The van der Waals surface area contributed by atoms with Crippen molar-refractivity contribution < 1.29 is 18.8 Å². The van der Waals surface area contributed by atoms with Crippen LogP contribution in [0.3, 0.4) is 0 Å². The fourth-order valence-corrected chi connectivity index (χ4v) is 1.33. The first-order valence-corrected chi connectivity index (χ1v) is 5.57. The van der Waals surface area contributed by atoms with Crippen LogP contribution in [0.5, 0.6) is 5.75 Å². The number of nitro groups is 1. The van der Waals surface area contributed by atoms with E-state index in [9.17, 15) is 19.3 Å². The Morgan fingerprint density at radius 1 is 1.47 bits per heavy atom. The van der Waals surface area contributed by atoms with Crippen LogP contribution in [0.1, 0.15) is 20.8 Å². The van der Waals surface area contributed by atoms with E-state index in [4.69, 9.17) is 4.74 Å². The number of carbonyl (C=O) groups excluding carboxylic acids is 1. The van der Waals surface area contributed by atoms with Crippen LogP contribution in [0.4, 0.5) is 10.1 Å². The lowest BCUT2D eigenvalue weighted by atomic mass is 10.1. The quantitative estimate of drug-likeness (QED) is 0.670. The van der Waals surface area contributed by atoms with Crippen LogP contribution < -0.4 is 10.1 Å². The largest absolute Gasteiger partial charge is 0.484 e. The Morgan fingerprint density at radius 3 is 2.58 bits per heavy atom. The molecule has 1 amide bonds. The molecule has 1 aromatic carbocycles. The molecule has 104 valence electrons. The second-order valence-corrected chi connectivity index (χ2v) is 4.96. The zero-order valence-corrected chi connectivity index (χ0v) is 10.9. The first-order chi connectivity index (χ1) is 8.69. The summed E-state index contributed by atoms with van der Waals surface area (Å²) in [4.78, 5) is 21.0. The van der Waals surface area contributed by atoms with Gasteiger partial charge in [0.1, 0.15) is 5.75 Å². The van der Waals surface area contributed by atoms with E-state index in [2.05, 4.69) is 5.32 Å². The van der Waals surface area contributed by atoms with Crippen LogP contribution in [0, 0.1) is 15.9 Å². The van der Waals surface area contributed by atoms with Crippen molar-refractivity contribution in [1.29, 1.82) is 0 Å². The van der Waals surface area contributed by atoms with Crippen LogP contribution >= 0.6 is 0 Å². The molecule has 1 aromatic rings. The highest BCUT2D eigenvalue weighted by molar-refractivity contribution is 5.78. The highest BCUT2D eigenvalue weighted by atomic mass is 19.1. The van der Waals surface area contributed by atoms with Crippen molar-refractivity contribution in [2.24, 2.45) is 0 Å². The van der Waals surface area contributed by atoms with Crippen molar-refractivity contribution in [3.05, 3.63) is 34.1 Å². The molecule has 0 aliphatic rings. The van der Waals surface area contributed by atoms with Crippen molar-refractivity contribution in [3.63, 3.8) is 0 Å². The van der Waals surface area contributed by atoms with Gasteiger partial charge in [0, 0.05) is 17.7 Å². The van der Waals surface area contributed by atoms with Gasteiger partial charge in [0.2, 0.25) is 5.82 Å². The minimum absolute atomic E-state index is 0.0622. The van der Waals surface area contributed by atoms with E-state index in [1.165, 1.54) is 6.07 Å². The Kier molecular flexibility index (Phi) is 4.42. The highest BCUT2D eigenvalue weighted by Crippen LogP contribution is 2.22. The highest BCUT2D eigenvalue weighted by Gasteiger charge is 2.16. The predicted octanol–water partition coefficient (Wildman–Crippen LogP) is 2.03. The number of carbonyl (C=O) groups is 1. The van der Waals surface area contributed by atoms with E-state index in [0.29, 0.717) is 0 Å². The Hall–Kier alpha value is -2.18. The fourth-order valence-electron chi connectivity index (χ4n) is 1.33. The second-order valence-electron chi connectivity index (χ2n) is 4.96. The molecule has 0 radical (unpaired) electrons. The number of hydrogen-bond acceptors (Lipinski definition) is 4. The third-order valence-corrected chi connectivity index (χ3v) is 2.00. The summed E-state index contributed by atoms with van der Waals surface area (Å²) in [5.41, 5.74) is -1.02. The van der Waals surface area contributed by atoms with Gasteiger partial charge in [-0.15, -0.1) is 0 Å². The average Bonchev–Trinajstić information content (AvgIpc) is 2.23. The zero-order chi connectivity index (χ0) is 14.6. The van der Waals surface area contributed by atoms with Gasteiger partial charge in [-0.1, -0.05) is 0 Å². The molecular formula is C12H15FN2O4. The Labute approximate surface area is 109 Å². The lowest BCUT2D eigenvalue weighted by Crippen LogP contribution is -2.43. The Morgan fingerprint density at radius 2 is 2.11 bits per heavy atom. The molecule has 0 aromatic heterocycles. The molecule has 7 heteroatoms. The van der Waals surface area contributed by atoms with Crippen LogP contribution in [-0.2, 0) is 4.79 Å². The van der Waals surface area contributed by atoms with Crippen molar-refractivity contribution in [2.45, 2.75) is 26.3 Å². The Balaban J connectivity index is 2.62. The van der Waals surface area contributed by atoms with Gasteiger partial charge in [-0.05, 0) is 26.8 Å². The van der Waals surface area contributed by atoms with Crippen LogP contribution in [0.25, 0.3) is 0 Å². The summed E-state index contributed by atoms with van der Waals surface area (Å²) in [6, 6.07) is 3.11. The minimum atomic E-state index is -1.00. The van der Waals surface area contributed by atoms with Crippen LogP contribution in [0.2, 0.25) is 0 Å². The van der Waals surface area contributed by atoms with E-state index >= 15 is 0 Å². The van der Waals surface area contributed by atoms with Gasteiger partial charge in [-0.2, -0.15) is 4.39 Å². The van der Waals surface area contributed by atoms with Gasteiger partial charge in [0.25, 0.3) is 5.91 Å². The molecule has 0 saturated carbocycles. The average molecular weight is 270 g/mol. The molecule has 0 atom stereocenters. The van der Waals surface area contributed by atoms with Gasteiger partial charge in [-0.25, -0.2) is 0 Å². The van der Waals surface area contributed by atoms with Gasteiger partial charge < -0.3 is 10.1 Å². The third-order valence-electron chi connectivity index (χ3n) is 2.00. The number of benzene rings is 1. The van der Waals surface area contributed by atoms with E-state index in [1.807, 2.05) is 20.8 Å². The number of nitrogens with one attached hydrogen (secondary N) is 1. The van der Waals surface area contributed by atoms with E-state index < -0.39 is 16.4 Å². The van der Waals surface area contributed by atoms with Crippen LogP contribution in [0.15, 0.2) is 18.2 Å². The lowest BCUT2D eigenvalue weighted by Gasteiger charge is -2.20. The molecule has 0 spiro atoms. The summed E-state index contributed by atoms with van der Waals surface area (Å²) in [5.74, 6) is -1.29. The molecule has 0 heterocycles. The summed E-state index contributed by atoms with van der Waals surface area (Å²) in [6.07, 6.45) is 0. The summed E-state index contributed by atoms with van der Waals surface area (Å²) < 4.78 is 18.3. The first kappa shape index (κ1) is 14.9. The fraction of sp³-hybridized carbons (Fsp3) is 0.417. The normalized spacial score (nSPS) is 10.9. The minimum Gasteiger partial charge on any atom is -0.484 e. The standard InChI is InChI=1S/C12H15FN2O4/c1-12(2,3)14-11(16)7-19-8-4-5-10(15(17)18)9(13)6-8/h4-6H,7H2,1-3H3,(H,14,16). The summed E-state index contributed by atoms with van der Waals surface area (Å²) in [5, 5.41) is 13.1.